The third kappa shape index (κ3) is 4.41. The largest absolute Gasteiger partial charge is 0.444 e. The highest BCUT2D eigenvalue weighted by molar-refractivity contribution is 5.53. The monoisotopic (exact) mass is 288 g/mol. The molecule has 0 aliphatic rings. The zero-order valence-corrected chi connectivity index (χ0v) is 13.0. The predicted octanol–water partition coefficient (Wildman–Crippen LogP) is 3.15. The first-order chi connectivity index (χ1) is 10.1. The summed E-state index contributed by atoms with van der Waals surface area (Å²) in [4.78, 5) is 4.46. The van der Waals surface area contributed by atoms with Crippen molar-refractivity contribution in [1.29, 1.82) is 0 Å². The molecule has 0 aliphatic carbocycles. The average Bonchev–Trinajstić information content (AvgIpc) is 2.95. The number of aliphatic hydroxyl groups is 1. The summed E-state index contributed by atoms with van der Waals surface area (Å²) in [6, 6.07) is 8.09. The van der Waals surface area contributed by atoms with Gasteiger partial charge in [-0.05, 0) is 25.0 Å². The van der Waals surface area contributed by atoms with Crippen LogP contribution in [0.5, 0.6) is 0 Å². The Kier molecular flexibility index (Phi) is 5.53. The number of aryl methyl sites for hydroxylation is 1. The van der Waals surface area contributed by atoms with Gasteiger partial charge in [0.2, 0.25) is 5.89 Å². The molecule has 2 aromatic rings. The summed E-state index contributed by atoms with van der Waals surface area (Å²) in [5.41, 5.74) is 3.04. The van der Waals surface area contributed by atoms with E-state index in [9.17, 15) is 5.11 Å². The minimum absolute atomic E-state index is 0.304. The van der Waals surface area contributed by atoms with E-state index in [1.54, 1.807) is 6.26 Å². The van der Waals surface area contributed by atoms with Gasteiger partial charge in [0.15, 0.2) is 0 Å². The van der Waals surface area contributed by atoms with Crippen LogP contribution >= 0.6 is 0 Å². The van der Waals surface area contributed by atoms with E-state index in [2.05, 4.69) is 31.1 Å². The molecule has 21 heavy (non-hydrogen) atoms. The first-order valence-electron chi connectivity index (χ1n) is 7.50. The highest BCUT2D eigenvalue weighted by Crippen LogP contribution is 2.19. The first kappa shape index (κ1) is 15.7. The van der Waals surface area contributed by atoms with Crippen molar-refractivity contribution in [3.8, 4) is 11.5 Å². The lowest BCUT2D eigenvalue weighted by Gasteiger charge is -2.17. The van der Waals surface area contributed by atoms with Crippen molar-refractivity contribution in [3.05, 3.63) is 41.8 Å². The number of aliphatic hydroxyl groups excluding tert-OH is 1. The molecule has 1 aromatic carbocycles. The van der Waals surface area contributed by atoms with Gasteiger partial charge in [-0.25, -0.2) is 4.98 Å². The molecule has 1 aromatic heterocycles. The van der Waals surface area contributed by atoms with E-state index in [1.807, 2.05) is 24.3 Å². The van der Waals surface area contributed by atoms with Gasteiger partial charge in [0.05, 0.1) is 11.8 Å². The lowest BCUT2D eigenvalue weighted by Crippen LogP contribution is -2.31. The summed E-state index contributed by atoms with van der Waals surface area (Å²) in [5.74, 6) is 0.937. The Hall–Kier alpha value is -1.65. The summed E-state index contributed by atoms with van der Waals surface area (Å²) in [5, 5.41) is 13.1. The number of nitrogens with zero attached hydrogens (tertiary/aromatic N) is 1. The van der Waals surface area contributed by atoms with Crippen molar-refractivity contribution in [1.82, 2.24) is 10.3 Å². The van der Waals surface area contributed by atoms with E-state index in [-0.39, 0.29) is 6.10 Å². The Balaban J connectivity index is 1.87. The average molecular weight is 288 g/mol. The molecule has 4 heteroatoms. The molecule has 0 radical (unpaired) electrons. The Morgan fingerprint density at radius 2 is 2.00 bits per heavy atom. The maximum atomic E-state index is 9.90. The third-order valence-corrected chi connectivity index (χ3v) is 3.81. The van der Waals surface area contributed by atoms with E-state index in [1.165, 1.54) is 5.56 Å². The molecule has 0 spiro atoms. The molecule has 2 atom stereocenters. The fraction of sp³-hybridized carbons (Fsp3) is 0.471. The van der Waals surface area contributed by atoms with Crippen LogP contribution in [0, 0.1) is 12.8 Å². The van der Waals surface area contributed by atoms with E-state index in [0.29, 0.717) is 24.9 Å². The Morgan fingerprint density at radius 3 is 2.67 bits per heavy atom. The number of rotatable bonds is 7. The maximum absolute atomic E-state index is 9.90. The zero-order valence-electron chi connectivity index (χ0n) is 13.0. The number of benzene rings is 1. The van der Waals surface area contributed by atoms with Gasteiger partial charge in [-0.1, -0.05) is 38.0 Å². The molecule has 0 aliphatic heterocycles. The van der Waals surface area contributed by atoms with Crippen LogP contribution < -0.4 is 5.32 Å². The van der Waals surface area contributed by atoms with Crippen LogP contribution in [-0.4, -0.2) is 22.7 Å². The van der Waals surface area contributed by atoms with Crippen LogP contribution in [0.15, 0.2) is 34.9 Å². The van der Waals surface area contributed by atoms with Gasteiger partial charge in [-0.15, -0.1) is 0 Å². The Labute approximate surface area is 126 Å². The fourth-order valence-corrected chi connectivity index (χ4v) is 2.04. The van der Waals surface area contributed by atoms with Crippen molar-refractivity contribution in [2.24, 2.45) is 5.92 Å². The first-order valence-corrected chi connectivity index (χ1v) is 7.50. The highest BCUT2D eigenvalue weighted by atomic mass is 16.3. The van der Waals surface area contributed by atoms with Crippen LogP contribution in [0.3, 0.4) is 0 Å². The van der Waals surface area contributed by atoms with E-state index in [0.717, 1.165) is 17.7 Å². The fourth-order valence-electron chi connectivity index (χ4n) is 2.04. The van der Waals surface area contributed by atoms with E-state index >= 15 is 0 Å². The minimum Gasteiger partial charge on any atom is -0.444 e. The molecule has 0 saturated heterocycles. The van der Waals surface area contributed by atoms with E-state index < -0.39 is 0 Å². The van der Waals surface area contributed by atoms with Crippen molar-refractivity contribution in [2.45, 2.75) is 39.8 Å². The standard InChI is InChI=1S/C17H24N2O2/c1-4-13(3)16(20)10-18-9-15-11-21-17(19-15)14-7-5-12(2)6-8-14/h5-8,11,13,16,18,20H,4,9-10H2,1-3H3. The molecule has 4 nitrogen and oxygen atoms in total. The second-order valence-electron chi connectivity index (χ2n) is 5.59. The topological polar surface area (TPSA) is 58.3 Å². The molecule has 0 amide bonds. The molecule has 2 N–H and O–H groups in total. The summed E-state index contributed by atoms with van der Waals surface area (Å²) in [7, 11) is 0. The number of hydrogen-bond donors (Lipinski definition) is 2. The Morgan fingerprint density at radius 1 is 1.29 bits per heavy atom. The van der Waals surface area contributed by atoms with Gasteiger partial charge in [0.25, 0.3) is 0 Å². The predicted molar refractivity (Wildman–Crippen MR) is 83.8 cm³/mol. The van der Waals surface area contributed by atoms with Gasteiger partial charge < -0.3 is 14.8 Å². The Bertz CT molecular complexity index is 548. The SMILES string of the molecule is CCC(C)C(O)CNCc1coc(-c2ccc(C)cc2)n1. The number of hydrogen-bond acceptors (Lipinski definition) is 4. The molecule has 0 saturated carbocycles. The van der Waals surface area contributed by atoms with Gasteiger partial charge in [-0.2, -0.15) is 0 Å². The number of aromatic nitrogens is 1. The molecule has 0 fully saturated rings. The van der Waals surface area contributed by atoms with E-state index in [4.69, 9.17) is 4.42 Å². The van der Waals surface area contributed by atoms with Crippen molar-refractivity contribution >= 4 is 0 Å². The lowest BCUT2D eigenvalue weighted by atomic mass is 10.0. The molecular weight excluding hydrogens is 264 g/mol. The van der Waals surface area contributed by atoms with Gasteiger partial charge in [0.1, 0.15) is 6.26 Å². The van der Waals surface area contributed by atoms with Crippen LogP contribution in [0.25, 0.3) is 11.5 Å². The number of oxazole rings is 1. The summed E-state index contributed by atoms with van der Waals surface area (Å²) < 4.78 is 5.50. The maximum Gasteiger partial charge on any atom is 0.226 e. The van der Waals surface area contributed by atoms with Crippen LogP contribution in [0.2, 0.25) is 0 Å². The van der Waals surface area contributed by atoms with Gasteiger partial charge in [0, 0.05) is 18.7 Å². The van der Waals surface area contributed by atoms with Crippen LogP contribution in [-0.2, 0) is 6.54 Å². The molecule has 2 unspecified atom stereocenters. The van der Waals surface area contributed by atoms with Crippen molar-refractivity contribution in [3.63, 3.8) is 0 Å². The summed E-state index contributed by atoms with van der Waals surface area (Å²) >= 11 is 0. The minimum atomic E-state index is -0.321. The smallest absolute Gasteiger partial charge is 0.226 e. The van der Waals surface area contributed by atoms with Crippen LogP contribution in [0.1, 0.15) is 31.5 Å². The van der Waals surface area contributed by atoms with Crippen molar-refractivity contribution in [2.75, 3.05) is 6.54 Å². The summed E-state index contributed by atoms with van der Waals surface area (Å²) in [6.45, 7) is 7.36. The molecule has 114 valence electrons. The molecular formula is C17H24N2O2. The lowest BCUT2D eigenvalue weighted by molar-refractivity contribution is 0.112. The second kappa shape index (κ2) is 7.38. The van der Waals surface area contributed by atoms with Crippen molar-refractivity contribution < 1.29 is 9.52 Å². The number of nitrogens with one attached hydrogen (secondary N) is 1. The third-order valence-electron chi connectivity index (χ3n) is 3.81. The molecule has 2 rings (SSSR count). The zero-order chi connectivity index (χ0) is 15.2. The quantitative estimate of drug-likeness (QED) is 0.821. The van der Waals surface area contributed by atoms with Crippen LogP contribution in [0.4, 0.5) is 0 Å². The highest BCUT2D eigenvalue weighted by Gasteiger charge is 2.12. The van der Waals surface area contributed by atoms with Gasteiger partial charge in [-0.3, -0.25) is 0 Å². The van der Waals surface area contributed by atoms with Gasteiger partial charge >= 0.3 is 0 Å². The molecule has 0 bridgehead atoms. The normalized spacial score (nSPS) is 14.1. The summed E-state index contributed by atoms with van der Waals surface area (Å²) in [6.07, 6.45) is 2.32. The molecule has 1 heterocycles. The second-order valence-corrected chi connectivity index (χ2v) is 5.59.